The van der Waals surface area contributed by atoms with Crippen LogP contribution in [0.25, 0.3) is 0 Å². The summed E-state index contributed by atoms with van der Waals surface area (Å²) in [5.41, 5.74) is 0.315. The third kappa shape index (κ3) is 3.27. The van der Waals surface area contributed by atoms with Crippen LogP contribution in [0.4, 0.5) is 0 Å². The maximum atomic E-state index is 3.85. The summed E-state index contributed by atoms with van der Waals surface area (Å²) in [7, 11) is 0. The topological polar surface area (TPSA) is 15.3 Å². The Balaban J connectivity index is 1.99. The van der Waals surface area contributed by atoms with Crippen LogP contribution in [0.1, 0.15) is 66.2 Å². The van der Waals surface area contributed by atoms with Gasteiger partial charge in [0.05, 0.1) is 0 Å². The molecule has 18 heavy (non-hydrogen) atoms. The molecule has 2 aliphatic rings. The Kier molecular flexibility index (Phi) is 4.71. The van der Waals surface area contributed by atoms with Gasteiger partial charge in [-0.3, -0.25) is 4.90 Å². The Morgan fingerprint density at radius 2 is 1.78 bits per heavy atom. The highest BCUT2D eigenvalue weighted by molar-refractivity contribution is 4.94. The Morgan fingerprint density at radius 3 is 2.33 bits per heavy atom. The smallest absolute Gasteiger partial charge is 0.0224 e. The van der Waals surface area contributed by atoms with E-state index in [2.05, 4.69) is 37.9 Å². The average molecular weight is 252 g/mol. The number of nitrogens with one attached hydrogen (secondary N) is 1. The summed E-state index contributed by atoms with van der Waals surface area (Å²) >= 11 is 0. The first-order chi connectivity index (χ1) is 8.52. The van der Waals surface area contributed by atoms with Crippen molar-refractivity contribution >= 4 is 0 Å². The minimum atomic E-state index is 0.315. The van der Waals surface area contributed by atoms with Gasteiger partial charge in [-0.1, -0.05) is 26.2 Å². The molecular formula is C16H32N2. The van der Waals surface area contributed by atoms with Gasteiger partial charge in [-0.25, -0.2) is 0 Å². The molecule has 1 saturated carbocycles. The zero-order valence-electron chi connectivity index (χ0n) is 12.8. The molecule has 1 N–H and O–H groups in total. The minimum absolute atomic E-state index is 0.315. The van der Waals surface area contributed by atoms with E-state index in [1.807, 2.05) is 0 Å². The molecule has 2 atom stereocenters. The monoisotopic (exact) mass is 252 g/mol. The molecule has 2 fully saturated rings. The lowest BCUT2D eigenvalue weighted by Gasteiger charge is -2.49. The molecular weight excluding hydrogens is 220 g/mol. The van der Waals surface area contributed by atoms with Gasteiger partial charge in [-0.15, -0.1) is 0 Å². The van der Waals surface area contributed by atoms with E-state index >= 15 is 0 Å². The van der Waals surface area contributed by atoms with E-state index in [1.54, 1.807) is 0 Å². The van der Waals surface area contributed by atoms with Gasteiger partial charge in [0.1, 0.15) is 0 Å². The van der Waals surface area contributed by atoms with Crippen molar-refractivity contribution in [1.29, 1.82) is 0 Å². The molecule has 2 unspecified atom stereocenters. The zero-order valence-corrected chi connectivity index (χ0v) is 12.8. The molecule has 0 spiro atoms. The second-order valence-electron chi connectivity index (χ2n) is 7.30. The lowest BCUT2D eigenvalue weighted by Crippen LogP contribution is -2.63. The number of hydrogen-bond acceptors (Lipinski definition) is 2. The predicted octanol–water partition coefficient (Wildman–Crippen LogP) is 3.42. The average Bonchev–Trinajstić information content (AvgIpc) is 2.38. The zero-order chi connectivity index (χ0) is 13.2. The first-order valence-corrected chi connectivity index (χ1v) is 8.02. The van der Waals surface area contributed by atoms with Crippen molar-refractivity contribution in [2.45, 2.75) is 83.8 Å². The van der Waals surface area contributed by atoms with Crippen LogP contribution in [0, 0.1) is 5.92 Å². The van der Waals surface area contributed by atoms with Gasteiger partial charge >= 0.3 is 0 Å². The van der Waals surface area contributed by atoms with Crippen molar-refractivity contribution in [2.24, 2.45) is 5.92 Å². The van der Waals surface area contributed by atoms with E-state index in [4.69, 9.17) is 0 Å². The Bertz CT molecular complexity index is 250. The van der Waals surface area contributed by atoms with Gasteiger partial charge in [0.15, 0.2) is 0 Å². The number of rotatable bonds is 2. The Morgan fingerprint density at radius 1 is 1.11 bits per heavy atom. The van der Waals surface area contributed by atoms with Gasteiger partial charge in [0, 0.05) is 30.7 Å². The second kappa shape index (κ2) is 5.92. The highest BCUT2D eigenvalue weighted by atomic mass is 15.3. The maximum absolute atomic E-state index is 3.85. The molecule has 1 saturated heterocycles. The molecule has 1 aliphatic carbocycles. The van der Waals surface area contributed by atoms with Gasteiger partial charge in [0.25, 0.3) is 0 Å². The fraction of sp³-hybridized carbons (Fsp3) is 1.00. The van der Waals surface area contributed by atoms with Crippen LogP contribution in [0.5, 0.6) is 0 Å². The van der Waals surface area contributed by atoms with E-state index in [0.29, 0.717) is 5.54 Å². The summed E-state index contributed by atoms with van der Waals surface area (Å²) in [5.74, 6) is 0.932. The highest BCUT2D eigenvalue weighted by Gasteiger charge is 2.36. The number of hydrogen-bond donors (Lipinski definition) is 1. The molecule has 2 nitrogen and oxygen atoms in total. The Labute approximate surface area is 114 Å². The number of nitrogens with zero attached hydrogens (tertiary/aromatic N) is 1. The van der Waals surface area contributed by atoms with Crippen LogP contribution in [0.15, 0.2) is 0 Å². The fourth-order valence-electron chi connectivity index (χ4n) is 3.86. The molecule has 0 amide bonds. The van der Waals surface area contributed by atoms with Crippen molar-refractivity contribution < 1.29 is 0 Å². The summed E-state index contributed by atoms with van der Waals surface area (Å²) in [4.78, 5) is 2.75. The van der Waals surface area contributed by atoms with Gasteiger partial charge in [-0.2, -0.15) is 0 Å². The number of piperazine rings is 1. The first-order valence-electron chi connectivity index (χ1n) is 8.02. The predicted molar refractivity (Wildman–Crippen MR) is 78.9 cm³/mol. The van der Waals surface area contributed by atoms with Crippen molar-refractivity contribution in [3.05, 3.63) is 0 Å². The summed E-state index contributed by atoms with van der Waals surface area (Å²) in [6.07, 6.45) is 8.54. The van der Waals surface area contributed by atoms with Crippen molar-refractivity contribution in [3.8, 4) is 0 Å². The first kappa shape index (κ1) is 14.3. The molecule has 0 aromatic carbocycles. The van der Waals surface area contributed by atoms with E-state index < -0.39 is 0 Å². The molecule has 1 aliphatic heterocycles. The molecule has 0 bridgehead atoms. The lowest BCUT2D eigenvalue weighted by molar-refractivity contribution is 0.0225. The molecule has 0 aromatic heterocycles. The Hall–Kier alpha value is -0.0800. The largest absolute Gasteiger partial charge is 0.311 e. The van der Waals surface area contributed by atoms with Gasteiger partial charge < -0.3 is 5.32 Å². The van der Waals surface area contributed by atoms with Crippen LogP contribution < -0.4 is 5.32 Å². The standard InChI is InChI=1S/C16H32N2/c1-5-14-11-17-15(12-18(14)16(2,3)4)13-9-7-6-8-10-13/h13-15,17H,5-12H2,1-4H3. The van der Waals surface area contributed by atoms with Gasteiger partial charge in [-0.05, 0) is 46.0 Å². The van der Waals surface area contributed by atoms with Gasteiger partial charge in [0.2, 0.25) is 0 Å². The molecule has 0 aromatic rings. The summed E-state index contributed by atoms with van der Waals surface area (Å²) in [6, 6.07) is 1.47. The SMILES string of the molecule is CCC1CNC(C2CCCCC2)CN1C(C)(C)C. The second-order valence-corrected chi connectivity index (χ2v) is 7.30. The maximum Gasteiger partial charge on any atom is 0.0224 e. The summed E-state index contributed by atoms with van der Waals surface area (Å²) < 4.78 is 0. The third-order valence-electron chi connectivity index (χ3n) is 5.00. The van der Waals surface area contributed by atoms with Crippen LogP contribution >= 0.6 is 0 Å². The molecule has 2 rings (SSSR count). The molecule has 2 heteroatoms. The minimum Gasteiger partial charge on any atom is -0.311 e. The highest BCUT2D eigenvalue weighted by Crippen LogP contribution is 2.30. The molecule has 106 valence electrons. The molecule has 1 heterocycles. The molecule has 0 radical (unpaired) electrons. The van der Waals surface area contributed by atoms with Crippen molar-refractivity contribution in [3.63, 3.8) is 0 Å². The van der Waals surface area contributed by atoms with E-state index in [-0.39, 0.29) is 0 Å². The lowest BCUT2D eigenvalue weighted by atomic mass is 9.81. The van der Waals surface area contributed by atoms with Crippen LogP contribution in [0.3, 0.4) is 0 Å². The fourth-order valence-corrected chi connectivity index (χ4v) is 3.86. The van der Waals surface area contributed by atoms with E-state index in [0.717, 1.165) is 18.0 Å². The third-order valence-corrected chi connectivity index (χ3v) is 5.00. The summed E-state index contributed by atoms with van der Waals surface area (Å²) in [6.45, 7) is 11.9. The van der Waals surface area contributed by atoms with Crippen LogP contribution in [-0.2, 0) is 0 Å². The van der Waals surface area contributed by atoms with Crippen molar-refractivity contribution in [1.82, 2.24) is 10.2 Å². The normalized spacial score (nSPS) is 32.7. The van der Waals surface area contributed by atoms with E-state index in [1.165, 1.54) is 51.6 Å². The summed E-state index contributed by atoms with van der Waals surface area (Å²) in [5, 5.41) is 3.85. The van der Waals surface area contributed by atoms with Crippen molar-refractivity contribution in [2.75, 3.05) is 13.1 Å². The van der Waals surface area contributed by atoms with E-state index in [9.17, 15) is 0 Å². The van der Waals surface area contributed by atoms with Crippen LogP contribution in [0.2, 0.25) is 0 Å². The van der Waals surface area contributed by atoms with Crippen LogP contribution in [-0.4, -0.2) is 35.6 Å². The quantitative estimate of drug-likeness (QED) is 0.810.